The molecule has 0 spiro atoms. The van der Waals surface area contributed by atoms with Crippen LogP contribution in [0.5, 0.6) is 5.75 Å². The molecule has 1 unspecified atom stereocenters. The molecular formula is C14H16N2O3S. The summed E-state index contributed by atoms with van der Waals surface area (Å²) in [6.07, 6.45) is 4.32. The summed E-state index contributed by atoms with van der Waals surface area (Å²) in [6.45, 7) is 0. The van der Waals surface area contributed by atoms with Crippen LogP contribution in [0.15, 0.2) is 6.07 Å². The number of rotatable bonds is 3. The van der Waals surface area contributed by atoms with Gasteiger partial charge in [-0.05, 0) is 32.7 Å². The summed E-state index contributed by atoms with van der Waals surface area (Å²) in [6, 6.07) is 4.62. The number of ether oxygens (including phenoxy) is 1. The van der Waals surface area contributed by atoms with Crippen molar-refractivity contribution in [3.05, 3.63) is 15.8 Å². The molecule has 3 rings (SSSR count). The first-order valence-electron chi connectivity index (χ1n) is 6.74. The first kappa shape index (κ1) is 13.4. The number of aromatic carboxylic acids is 1. The van der Waals surface area contributed by atoms with Gasteiger partial charge in [0.25, 0.3) is 0 Å². The summed E-state index contributed by atoms with van der Waals surface area (Å²) in [5.41, 5.74) is 0. The monoisotopic (exact) mass is 292 g/mol. The number of fused-ring (bicyclic) bond motifs is 2. The number of thiophene rings is 1. The number of nitrogens with zero attached hydrogens (tertiary/aromatic N) is 2. The summed E-state index contributed by atoms with van der Waals surface area (Å²) >= 11 is 0.978. The van der Waals surface area contributed by atoms with Crippen molar-refractivity contribution in [2.75, 3.05) is 7.05 Å². The van der Waals surface area contributed by atoms with E-state index in [-0.39, 0.29) is 11.0 Å². The highest BCUT2D eigenvalue weighted by atomic mass is 32.1. The Bertz CT molecular complexity index is 563. The molecule has 2 aliphatic heterocycles. The van der Waals surface area contributed by atoms with Gasteiger partial charge in [0.1, 0.15) is 22.8 Å². The van der Waals surface area contributed by atoms with E-state index < -0.39 is 5.97 Å². The fraction of sp³-hybridized carbons (Fsp3) is 0.571. The summed E-state index contributed by atoms with van der Waals surface area (Å²) in [5.74, 6) is -0.671. The minimum absolute atomic E-state index is 0.0583. The third-order valence-electron chi connectivity index (χ3n) is 4.35. The third kappa shape index (κ3) is 2.28. The molecule has 3 atom stereocenters. The van der Waals surface area contributed by atoms with Crippen molar-refractivity contribution in [3.8, 4) is 11.8 Å². The van der Waals surface area contributed by atoms with Gasteiger partial charge in [-0.25, -0.2) is 4.79 Å². The Morgan fingerprint density at radius 2 is 2.15 bits per heavy atom. The van der Waals surface area contributed by atoms with Gasteiger partial charge >= 0.3 is 5.97 Å². The molecule has 2 saturated heterocycles. The average molecular weight is 292 g/mol. The van der Waals surface area contributed by atoms with Gasteiger partial charge in [-0.3, -0.25) is 0 Å². The van der Waals surface area contributed by atoms with Gasteiger partial charge in [0.05, 0.1) is 0 Å². The van der Waals surface area contributed by atoms with Gasteiger partial charge < -0.3 is 14.7 Å². The lowest BCUT2D eigenvalue weighted by Crippen LogP contribution is -2.43. The first-order valence-corrected chi connectivity index (χ1v) is 7.56. The van der Waals surface area contributed by atoms with Crippen LogP contribution in [0.4, 0.5) is 0 Å². The van der Waals surface area contributed by atoms with Crippen LogP contribution in [0.2, 0.25) is 0 Å². The molecular weight excluding hydrogens is 276 g/mol. The van der Waals surface area contributed by atoms with E-state index in [9.17, 15) is 9.90 Å². The van der Waals surface area contributed by atoms with Crippen LogP contribution in [0.25, 0.3) is 0 Å². The zero-order valence-corrected chi connectivity index (χ0v) is 12.0. The molecule has 1 aromatic rings. The predicted octanol–water partition coefficient (Wildman–Crippen LogP) is 2.32. The van der Waals surface area contributed by atoms with Crippen LogP contribution in [-0.2, 0) is 0 Å². The van der Waals surface area contributed by atoms with E-state index >= 15 is 0 Å². The quantitative estimate of drug-likeness (QED) is 0.925. The molecule has 0 aromatic carbocycles. The number of carbonyl (C=O) groups is 1. The minimum Gasteiger partial charge on any atom is -0.488 e. The van der Waals surface area contributed by atoms with Gasteiger partial charge in [-0.15, -0.1) is 11.3 Å². The standard InChI is InChI=1S/C14H16N2O3S/c1-16-8-2-3-9(16)5-10(4-8)19-12-6-11(7-15)20-13(12)14(17)18/h6,8-10H,2-5H2,1H3,(H,17,18)/t8-,9+,10?. The first-order chi connectivity index (χ1) is 9.58. The molecule has 0 aliphatic carbocycles. The maximum Gasteiger partial charge on any atom is 0.349 e. The average Bonchev–Trinajstić information content (AvgIpc) is 2.88. The zero-order chi connectivity index (χ0) is 14.3. The van der Waals surface area contributed by atoms with Crippen LogP contribution in [-0.4, -0.2) is 41.2 Å². The Kier molecular flexibility index (Phi) is 3.40. The Morgan fingerprint density at radius 3 is 2.70 bits per heavy atom. The second-order valence-electron chi connectivity index (χ2n) is 5.48. The van der Waals surface area contributed by atoms with Crippen molar-refractivity contribution in [2.45, 2.75) is 43.9 Å². The van der Waals surface area contributed by atoms with Crippen molar-refractivity contribution < 1.29 is 14.6 Å². The fourth-order valence-corrected chi connectivity index (χ4v) is 4.03. The van der Waals surface area contributed by atoms with E-state index in [2.05, 4.69) is 11.9 Å². The van der Waals surface area contributed by atoms with E-state index in [1.165, 1.54) is 12.8 Å². The molecule has 106 valence electrons. The molecule has 3 heterocycles. The van der Waals surface area contributed by atoms with E-state index in [1.54, 1.807) is 6.07 Å². The van der Waals surface area contributed by atoms with E-state index in [0.29, 0.717) is 22.7 Å². The molecule has 1 aromatic heterocycles. The molecule has 2 aliphatic rings. The molecule has 0 saturated carbocycles. The van der Waals surface area contributed by atoms with Crippen LogP contribution >= 0.6 is 11.3 Å². The highest BCUT2D eigenvalue weighted by Gasteiger charge is 2.39. The number of hydrogen-bond acceptors (Lipinski definition) is 5. The van der Waals surface area contributed by atoms with E-state index in [0.717, 1.165) is 24.2 Å². The van der Waals surface area contributed by atoms with Crippen molar-refractivity contribution >= 4 is 17.3 Å². The summed E-state index contributed by atoms with van der Waals surface area (Å²) < 4.78 is 5.91. The Balaban J connectivity index is 1.77. The Morgan fingerprint density at radius 1 is 1.50 bits per heavy atom. The van der Waals surface area contributed by atoms with Crippen LogP contribution in [0, 0.1) is 11.3 Å². The Hall–Kier alpha value is -1.58. The largest absolute Gasteiger partial charge is 0.488 e. The van der Waals surface area contributed by atoms with Crippen LogP contribution in [0.3, 0.4) is 0 Å². The third-order valence-corrected chi connectivity index (χ3v) is 5.36. The highest BCUT2D eigenvalue weighted by Crippen LogP contribution is 2.37. The van der Waals surface area contributed by atoms with Gasteiger partial charge in [0.15, 0.2) is 4.88 Å². The number of carboxylic acid groups (broad SMARTS) is 1. The maximum atomic E-state index is 11.2. The smallest absolute Gasteiger partial charge is 0.349 e. The minimum atomic E-state index is -1.03. The van der Waals surface area contributed by atoms with Crippen LogP contribution < -0.4 is 4.74 Å². The molecule has 6 heteroatoms. The van der Waals surface area contributed by atoms with Crippen molar-refractivity contribution in [1.29, 1.82) is 5.26 Å². The molecule has 20 heavy (non-hydrogen) atoms. The summed E-state index contributed by atoms with van der Waals surface area (Å²) in [4.78, 5) is 14.1. The van der Waals surface area contributed by atoms with Crippen molar-refractivity contribution in [2.24, 2.45) is 0 Å². The van der Waals surface area contributed by atoms with Gasteiger partial charge in [0, 0.05) is 18.2 Å². The fourth-order valence-electron chi connectivity index (χ4n) is 3.30. The highest BCUT2D eigenvalue weighted by molar-refractivity contribution is 7.14. The SMILES string of the molecule is CN1[C@@H]2CC[C@H]1CC(Oc1cc(C#N)sc1C(=O)O)C2. The normalized spacial score (nSPS) is 29.1. The maximum absolute atomic E-state index is 11.2. The van der Waals surface area contributed by atoms with Crippen molar-refractivity contribution in [3.63, 3.8) is 0 Å². The second kappa shape index (κ2) is 5.08. The second-order valence-corrected chi connectivity index (χ2v) is 6.53. The van der Waals surface area contributed by atoms with E-state index in [1.807, 2.05) is 6.07 Å². The molecule has 2 bridgehead atoms. The zero-order valence-electron chi connectivity index (χ0n) is 11.2. The molecule has 0 amide bonds. The van der Waals surface area contributed by atoms with Crippen molar-refractivity contribution in [1.82, 2.24) is 4.90 Å². The van der Waals surface area contributed by atoms with Gasteiger partial charge in [-0.1, -0.05) is 0 Å². The van der Waals surface area contributed by atoms with Crippen LogP contribution in [0.1, 0.15) is 40.2 Å². The Labute approximate surface area is 121 Å². The van der Waals surface area contributed by atoms with E-state index in [4.69, 9.17) is 10.00 Å². The topological polar surface area (TPSA) is 73.6 Å². The van der Waals surface area contributed by atoms with Gasteiger partial charge in [-0.2, -0.15) is 5.26 Å². The number of piperidine rings is 1. The number of carboxylic acids is 1. The summed E-state index contributed by atoms with van der Waals surface area (Å²) in [5, 5.41) is 18.1. The molecule has 2 fully saturated rings. The molecule has 1 N–H and O–H groups in total. The molecule has 0 radical (unpaired) electrons. The lowest BCUT2D eigenvalue weighted by molar-refractivity contribution is 0.0614. The summed E-state index contributed by atoms with van der Waals surface area (Å²) in [7, 11) is 2.15. The number of nitriles is 1. The van der Waals surface area contributed by atoms with Gasteiger partial charge in [0.2, 0.25) is 0 Å². The predicted molar refractivity (Wildman–Crippen MR) is 74.2 cm³/mol. The number of hydrogen-bond donors (Lipinski definition) is 1. The lowest BCUT2D eigenvalue weighted by Gasteiger charge is -2.36. The lowest BCUT2D eigenvalue weighted by atomic mass is 10.0. The molecule has 5 nitrogen and oxygen atoms in total.